The maximum absolute atomic E-state index is 3.78. The van der Waals surface area contributed by atoms with Gasteiger partial charge in [-0.1, -0.05) is 33.1 Å². The Morgan fingerprint density at radius 3 is 2.40 bits per heavy atom. The van der Waals surface area contributed by atoms with Crippen molar-refractivity contribution in [2.45, 2.75) is 69.6 Å². The Morgan fingerprint density at radius 2 is 1.93 bits per heavy atom. The molecule has 0 aromatic carbocycles. The minimum absolute atomic E-state index is 0.571. The minimum atomic E-state index is 0.571. The van der Waals surface area contributed by atoms with Crippen LogP contribution in [0.3, 0.4) is 0 Å². The molecule has 0 spiro atoms. The molecule has 15 heavy (non-hydrogen) atoms. The van der Waals surface area contributed by atoms with E-state index in [0.717, 1.165) is 6.04 Å². The Labute approximate surface area is 99.8 Å². The van der Waals surface area contributed by atoms with E-state index < -0.39 is 0 Å². The maximum Gasteiger partial charge on any atom is 0.0281 e. The van der Waals surface area contributed by atoms with Gasteiger partial charge in [-0.05, 0) is 31.9 Å². The molecule has 1 rings (SSSR count). The first kappa shape index (κ1) is 13.4. The third kappa shape index (κ3) is 3.99. The number of hydrogen-bond acceptors (Lipinski definition) is 2. The molecule has 1 fully saturated rings. The lowest BCUT2D eigenvalue weighted by atomic mass is 10.0. The van der Waals surface area contributed by atoms with Crippen LogP contribution in [-0.2, 0) is 0 Å². The van der Waals surface area contributed by atoms with Crippen LogP contribution in [0.5, 0.6) is 0 Å². The lowest BCUT2D eigenvalue weighted by Crippen LogP contribution is -2.40. The standard InChI is InChI=1S/C13H27NS/c1-4-8-12(5-2)14-11-13(15-3)9-6-7-10-13/h12,14H,4-11H2,1-3H3. The lowest BCUT2D eigenvalue weighted by Gasteiger charge is -2.29. The van der Waals surface area contributed by atoms with Gasteiger partial charge in [-0.15, -0.1) is 0 Å². The second kappa shape index (κ2) is 6.80. The Morgan fingerprint density at radius 1 is 1.27 bits per heavy atom. The highest BCUT2D eigenvalue weighted by Crippen LogP contribution is 2.39. The number of thioether (sulfide) groups is 1. The van der Waals surface area contributed by atoms with Gasteiger partial charge in [0.15, 0.2) is 0 Å². The van der Waals surface area contributed by atoms with Crippen molar-refractivity contribution in [3.63, 3.8) is 0 Å². The van der Waals surface area contributed by atoms with Crippen LogP contribution in [0, 0.1) is 0 Å². The SMILES string of the molecule is CCCC(CC)NCC1(SC)CCCC1. The summed E-state index contributed by atoms with van der Waals surface area (Å²) in [6.45, 7) is 5.81. The molecule has 2 heteroatoms. The van der Waals surface area contributed by atoms with Crippen LogP contribution in [0.4, 0.5) is 0 Å². The fourth-order valence-corrected chi connectivity index (χ4v) is 3.53. The van der Waals surface area contributed by atoms with Crippen molar-refractivity contribution in [2.75, 3.05) is 12.8 Å². The molecular formula is C13H27NS. The molecule has 1 atom stereocenters. The lowest BCUT2D eigenvalue weighted by molar-refractivity contribution is 0.425. The quantitative estimate of drug-likeness (QED) is 0.712. The van der Waals surface area contributed by atoms with Gasteiger partial charge < -0.3 is 5.32 Å². The smallest absolute Gasteiger partial charge is 0.0281 e. The molecule has 1 aliphatic carbocycles. The Bertz CT molecular complexity index is 164. The number of nitrogens with one attached hydrogen (secondary N) is 1. The summed E-state index contributed by atoms with van der Waals surface area (Å²) in [4.78, 5) is 0. The van der Waals surface area contributed by atoms with E-state index in [1.165, 1.54) is 51.5 Å². The highest BCUT2D eigenvalue weighted by atomic mass is 32.2. The molecule has 0 bridgehead atoms. The van der Waals surface area contributed by atoms with Crippen LogP contribution in [0.15, 0.2) is 0 Å². The van der Waals surface area contributed by atoms with Gasteiger partial charge in [0.2, 0.25) is 0 Å². The van der Waals surface area contributed by atoms with Crippen molar-refractivity contribution in [2.24, 2.45) is 0 Å². The molecule has 0 radical (unpaired) electrons. The van der Waals surface area contributed by atoms with Gasteiger partial charge >= 0.3 is 0 Å². The summed E-state index contributed by atoms with van der Waals surface area (Å²) in [5.41, 5.74) is 0. The van der Waals surface area contributed by atoms with Gasteiger partial charge in [-0.25, -0.2) is 0 Å². The van der Waals surface area contributed by atoms with Gasteiger partial charge in [-0.2, -0.15) is 11.8 Å². The fraction of sp³-hybridized carbons (Fsp3) is 1.00. The highest BCUT2D eigenvalue weighted by molar-refractivity contribution is 8.00. The summed E-state index contributed by atoms with van der Waals surface area (Å²) < 4.78 is 0.571. The summed E-state index contributed by atoms with van der Waals surface area (Å²) in [6.07, 6.45) is 11.9. The monoisotopic (exact) mass is 229 g/mol. The summed E-state index contributed by atoms with van der Waals surface area (Å²) in [7, 11) is 0. The molecule has 1 N–H and O–H groups in total. The average molecular weight is 229 g/mol. The molecule has 0 aliphatic heterocycles. The van der Waals surface area contributed by atoms with Crippen molar-refractivity contribution in [1.29, 1.82) is 0 Å². The molecule has 1 unspecified atom stereocenters. The zero-order valence-electron chi connectivity index (χ0n) is 10.6. The van der Waals surface area contributed by atoms with E-state index in [0.29, 0.717) is 4.75 Å². The minimum Gasteiger partial charge on any atom is -0.313 e. The van der Waals surface area contributed by atoms with Crippen molar-refractivity contribution in [3.8, 4) is 0 Å². The van der Waals surface area contributed by atoms with E-state index in [-0.39, 0.29) is 0 Å². The Hall–Kier alpha value is 0.310. The number of rotatable bonds is 7. The zero-order chi connectivity index (χ0) is 11.1. The topological polar surface area (TPSA) is 12.0 Å². The van der Waals surface area contributed by atoms with Crippen molar-refractivity contribution in [3.05, 3.63) is 0 Å². The van der Waals surface area contributed by atoms with E-state index in [4.69, 9.17) is 0 Å². The van der Waals surface area contributed by atoms with Crippen LogP contribution in [0.2, 0.25) is 0 Å². The van der Waals surface area contributed by atoms with E-state index in [1.54, 1.807) is 0 Å². The predicted octanol–water partition coefficient (Wildman–Crippen LogP) is 3.83. The van der Waals surface area contributed by atoms with Crippen LogP contribution in [0.25, 0.3) is 0 Å². The van der Waals surface area contributed by atoms with Crippen LogP contribution in [0.1, 0.15) is 58.8 Å². The molecule has 0 heterocycles. The first-order valence-corrected chi connectivity index (χ1v) is 7.77. The Kier molecular flexibility index (Phi) is 6.06. The summed E-state index contributed by atoms with van der Waals surface area (Å²) >= 11 is 2.09. The van der Waals surface area contributed by atoms with Crippen LogP contribution >= 0.6 is 11.8 Å². The van der Waals surface area contributed by atoms with E-state index in [2.05, 4.69) is 37.2 Å². The first-order valence-electron chi connectivity index (χ1n) is 6.55. The second-order valence-corrected chi connectivity index (χ2v) is 6.14. The molecule has 0 amide bonds. The molecule has 90 valence electrons. The summed E-state index contributed by atoms with van der Waals surface area (Å²) in [5.74, 6) is 0. The molecule has 1 saturated carbocycles. The van der Waals surface area contributed by atoms with Crippen molar-refractivity contribution in [1.82, 2.24) is 5.32 Å². The molecule has 0 aromatic heterocycles. The third-order valence-electron chi connectivity index (χ3n) is 3.79. The fourth-order valence-electron chi connectivity index (χ4n) is 2.60. The molecule has 0 saturated heterocycles. The molecular weight excluding hydrogens is 202 g/mol. The normalized spacial score (nSPS) is 21.8. The van der Waals surface area contributed by atoms with E-state index >= 15 is 0 Å². The second-order valence-electron chi connectivity index (χ2n) is 4.87. The average Bonchev–Trinajstić information content (AvgIpc) is 2.73. The van der Waals surface area contributed by atoms with Crippen LogP contribution < -0.4 is 5.32 Å². The number of hydrogen-bond donors (Lipinski definition) is 1. The van der Waals surface area contributed by atoms with Crippen molar-refractivity contribution < 1.29 is 0 Å². The van der Waals surface area contributed by atoms with E-state index in [1.807, 2.05) is 0 Å². The third-order valence-corrected chi connectivity index (χ3v) is 5.21. The van der Waals surface area contributed by atoms with Gasteiger partial charge in [0.05, 0.1) is 0 Å². The van der Waals surface area contributed by atoms with Gasteiger partial charge in [0.25, 0.3) is 0 Å². The zero-order valence-corrected chi connectivity index (χ0v) is 11.5. The largest absolute Gasteiger partial charge is 0.313 e. The highest BCUT2D eigenvalue weighted by Gasteiger charge is 2.32. The van der Waals surface area contributed by atoms with Crippen LogP contribution in [-0.4, -0.2) is 23.6 Å². The summed E-state index contributed by atoms with van der Waals surface area (Å²) in [6, 6.07) is 0.750. The van der Waals surface area contributed by atoms with Gasteiger partial charge in [0, 0.05) is 17.3 Å². The van der Waals surface area contributed by atoms with Crippen molar-refractivity contribution >= 4 is 11.8 Å². The van der Waals surface area contributed by atoms with E-state index in [9.17, 15) is 0 Å². The molecule has 1 aliphatic rings. The Balaban J connectivity index is 2.32. The first-order chi connectivity index (χ1) is 7.26. The molecule has 0 aromatic rings. The van der Waals surface area contributed by atoms with Gasteiger partial charge in [-0.3, -0.25) is 0 Å². The van der Waals surface area contributed by atoms with Gasteiger partial charge in [0.1, 0.15) is 0 Å². The molecule has 1 nitrogen and oxygen atoms in total. The summed E-state index contributed by atoms with van der Waals surface area (Å²) in [5, 5.41) is 3.78. The predicted molar refractivity (Wildman–Crippen MR) is 71.7 cm³/mol. The maximum atomic E-state index is 3.78.